The van der Waals surface area contributed by atoms with Gasteiger partial charge in [0.15, 0.2) is 0 Å². The minimum absolute atomic E-state index is 0.0395. The Bertz CT molecular complexity index is 545. The summed E-state index contributed by atoms with van der Waals surface area (Å²) < 4.78 is 1.12. The lowest BCUT2D eigenvalue weighted by atomic mass is 10.0. The van der Waals surface area contributed by atoms with Gasteiger partial charge < -0.3 is 5.73 Å². The Kier molecular flexibility index (Phi) is 3.71. The van der Waals surface area contributed by atoms with Crippen molar-refractivity contribution in [2.24, 2.45) is 5.73 Å². The molecule has 90 valence electrons. The Balaban J connectivity index is 2.40. The van der Waals surface area contributed by atoms with Crippen LogP contribution >= 0.6 is 27.3 Å². The molecule has 1 heterocycles. The van der Waals surface area contributed by atoms with Crippen LogP contribution in [0.3, 0.4) is 0 Å². The van der Waals surface area contributed by atoms with Gasteiger partial charge in [-0.1, -0.05) is 18.2 Å². The van der Waals surface area contributed by atoms with E-state index in [-0.39, 0.29) is 6.04 Å². The van der Waals surface area contributed by atoms with E-state index in [9.17, 15) is 0 Å². The Morgan fingerprint density at radius 2 is 1.82 bits per heavy atom. The summed E-state index contributed by atoms with van der Waals surface area (Å²) in [6.07, 6.45) is 0. The van der Waals surface area contributed by atoms with Crippen LogP contribution in [0.25, 0.3) is 0 Å². The molecule has 1 aromatic carbocycles. The zero-order valence-electron chi connectivity index (χ0n) is 10.3. The van der Waals surface area contributed by atoms with E-state index in [0.717, 1.165) is 4.47 Å². The number of aryl methyl sites for hydroxylation is 3. The van der Waals surface area contributed by atoms with Gasteiger partial charge in [0.1, 0.15) is 0 Å². The van der Waals surface area contributed by atoms with E-state index in [1.165, 1.54) is 26.4 Å². The van der Waals surface area contributed by atoms with Crippen molar-refractivity contribution in [1.29, 1.82) is 0 Å². The molecule has 0 fully saturated rings. The zero-order chi connectivity index (χ0) is 12.6. The first-order valence-electron chi connectivity index (χ1n) is 5.57. The smallest absolute Gasteiger partial charge is 0.0657 e. The van der Waals surface area contributed by atoms with Crippen molar-refractivity contribution >= 4 is 27.3 Å². The van der Waals surface area contributed by atoms with E-state index in [1.807, 2.05) is 0 Å². The average Bonchev–Trinajstić information content (AvgIpc) is 2.61. The SMILES string of the molecule is Cc1cc(Br)c(C(N)c2ccc(C)c(C)c2)s1. The molecule has 1 unspecified atom stereocenters. The minimum Gasteiger partial charge on any atom is -0.320 e. The van der Waals surface area contributed by atoms with Crippen LogP contribution < -0.4 is 5.73 Å². The quantitative estimate of drug-likeness (QED) is 0.869. The van der Waals surface area contributed by atoms with E-state index in [2.05, 4.69) is 61.0 Å². The summed E-state index contributed by atoms with van der Waals surface area (Å²) in [6, 6.07) is 8.53. The molecule has 0 spiro atoms. The van der Waals surface area contributed by atoms with Gasteiger partial charge in [-0.15, -0.1) is 11.3 Å². The predicted octanol–water partition coefficient (Wildman–Crippen LogP) is 4.48. The highest BCUT2D eigenvalue weighted by Gasteiger charge is 2.15. The number of nitrogens with two attached hydrogens (primary N) is 1. The Hall–Kier alpha value is -0.640. The first-order chi connectivity index (χ1) is 7.99. The fourth-order valence-electron chi connectivity index (χ4n) is 1.82. The van der Waals surface area contributed by atoms with Crippen LogP contribution in [-0.2, 0) is 0 Å². The molecule has 1 atom stereocenters. The number of hydrogen-bond donors (Lipinski definition) is 1. The Morgan fingerprint density at radius 1 is 1.12 bits per heavy atom. The van der Waals surface area contributed by atoms with Crippen LogP contribution in [0.2, 0.25) is 0 Å². The van der Waals surface area contributed by atoms with Crippen LogP contribution in [0.5, 0.6) is 0 Å². The molecule has 3 heteroatoms. The lowest BCUT2D eigenvalue weighted by Gasteiger charge is -2.13. The number of halogens is 1. The van der Waals surface area contributed by atoms with Crippen molar-refractivity contribution in [3.05, 3.63) is 55.2 Å². The van der Waals surface area contributed by atoms with Crippen molar-refractivity contribution in [2.45, 2.75) is 26.8 Å². The molecule has 1 aromatic heterocycles. The maximum Gasteiger partial charge on any atom is 0.0657 e. The van der Waals surface area contributed by atoms with E-state index in [0.29, 0.717) is 0 Å². The van der Waals surface area contributed by atoms with E-state index in [1.54, 1.807) is 11.3 Å². The lowest BCUT2D eigenvalue weighted by Crippen LogP contribution is -2.11. The third-order valence-electron chi connectivity index (χ3n) is 3.01. The molecule has 0 saturated carbocycles. The molecule has 0 bridgehead atoms. The fourth-order valence-corrected chi connectivity index (χ4v) is 3.75. The molecule has 0 aliphatic heterocycles. The first-order valence-corrected chi connectivity index (χ1v) is 7.18. The van der Waals surface area contributed by atoms with Crippen LogP contribution in [-0.4, -0.2) is 0 Å². The molecule has 2 rings (SSSR count). The lowest BCUT2D eigenvalue weighted by molar-refractivity contribution is 0.886. The topological polar surface area (TPSA) is 26.0 Å². The van der Waals surface area contributed by atoms with Gasteiger partial charge in [0.05, 0.1) is 6.04 Å². The number of thiophene rings is 1. The second-order valence-electron chi connectivity index (χ2n) is 4.39. The highest BCUT2D eigenvalue weighted by Crippen LogP contribution is 2.34. The standard InChI is InChI=1S/C14H16BrNS/c1-8-4-5-11(6-9(8)2)13(16)14-12(15)7-10(3)17-14/h4-7,13H,16H2,1-3H3. The monoisotopic (exact) mass is 309 g/mol. The summed E-state index contributed by atoms with van der Waals surface area (Å²) in [5, 5.41) is 0. The van der Waals surface area contributed by atoms with E-state index < -0.39 is 0 Å². The van der Waals surface area contributed by atoms with Crippen molar-refractivity contribution in [2.75, 3.05) is 0 Å². The Morgan fingerprint density at radius 3 is 2.35 bits per heavy atom. The summed E-state index contributed by atoms with van der Waals surface area (Å²) in [5.74, 6) is 0. The predicted molar refractivity (Wildman–Crippen MR) is 78.7 cm³/mol. The van der Waals surface area contributed by atoms with Crippen LogP contribution in [0, 0.1) is 20.8 Å². The maximum absolute atomic E-state index is 6.33. The van der Waals surface area contributed by atoms with Gasteiger partial charge in [-0.05, 0) is 59.5 Å². The molecule has 0 aliphatic rings. The molecule has 2 aromatic rings. The van der Waals surface area contributed by atoms with Crippen molar-refractivity contribution < 1.29 is 0 Å². The molecule has 1 nitrogen and oxygen atoms in total. The summed E-state index contributed by atoms with van der Waals surface area (Å²) >= 11 is 5.33. The molecule has 0 aliphatic carbocycles. The third-order valence-corrected chi connectivity index (χ3v) is 5.06. The molecule has 2 N–H and O–H groups in total. The van der Waals surface area contributed by atoms with Gasteiger partial charge >= 0.3 is 0 Å². The normalized spacial score (nSPS) is 12.8. The van der Waals surface area contributed by atoms with Crippen LogP contribution in [0.15, 0.2) is 28.7 Å². The van der Waals surface area contributed by atoms with Crippen molar-refractivity contribution in [3.8, 4) is 0 Å². The highest BCUT2D eigenvalue weighted by molar-refractivity contribution is 9.10. The number of hydrogen-bond acceptors (Lipinski definition) is 2. The summed E-state index contributed by atoms with van der Waals surface area (Å²) in [7, 11) is 0. The minimum atomic E-state index is -0.0395. The summed E-state index contributed by atoms with van der Waals surface area (Å²) in [4.78, 5) is 2.48. The number of rotatable bonds is 2. The van der Waals surface area contributed by atoms with Gasteiger partial charge in [-0.25, -0.2) is 0 Å². The Labute approximate surface area is 115 Å². The van der Waals surface area contributed by atoms with E-state index >= 15 is 0 Å². The van der Waals surface area contributed by atoms with Gasteiger partial charge in [0.25, 0.3) is 0 Å². The van der Waals surface area contributed by atoms with Crippen molar-refractivity contribution in [3.63, 3.8) is 0 Å². The van der Waals surface area contributed by atoms with Gasteiger partial charge in [-0.2, -0.15) is 0 Å². The summed E-state index contributed by atoms with van der Waals surface area (Å²) in [6.45, 7) is 6.35. The average molecular weight is 310 g/mol. The van der Waals surface area contributed by atoms with Crippen LogP contribution in [0.1, 0.15) is 32.5 Å². The molecule has 0 amide bonds. The van der Waals surface area contributed by atoms with Gasteiger partial charge in [-0.3, -0.25) is 0 Å². The second kappa shape index (κ2) is 4.92. The number of benzene rings is 1. The third kappa shape index (κ3) is 2.62. The molecule has 0 radical (unpaired) electrons. The molecule has 17 heavy (non-hydrogen) atoms. The van der Waals surface area contributed by atoms with Crippen molar-refractivity contribution in [1.82, 2.24) is 0 Å². The van der Waals surface area contributed by atoms with E-state index in [4.69, 9.17) is 5.73 Å². The second-order valence-corrected chi connectivity index (χ2v) is 6.53. The summed E-state index contributed by atoms with van der Waals surface area (Å²) in [5.41, 5.74) is 10.1. The molecular weight excluding hydrogens is 294 g/mol. The zero-order valence-corrected chi connectivity index (χ0v) is 12.7. The molecular formula is C14H16BrNS. The van der Waals surface area contributed by atoms with Crippen LogP contribution in [0.4, 0.5) is 0 Å². The van der Waals surface area contributed by atoms with Gasteiger partial charge in [0.2, 0.25) is 0 Å². The maximum atomic E-state index is 6.33. The molecule has 0 saturated heterocycles. The highest BCUT2D eigenvalue weighted by atomic mass is 79.9. The largest absolute Gasteiger partial charge is 0.320 e. The first kappa shape index (κ1) is 12.8. The van der Waals surface area contributed by atoms with Gasteiger partial charge in [0, 0.05) is 14.2 Å². The fraction of sp³-hybridized carbons (Fsp3) is 0.286.